The molecule has 4 heterocycles. The maximum atomic E-state index is 15.2. The number of aromatic amines is 1. The van der Waals surface area contributed by atoms with Crippen LogP contribution in [0, 0.1) is 0 Å². The SMILES string of the molecule is CNC(=O)c1ccc(C2=CCN(C(C)c3ccc4c(c3)[nH]c(=O)c3c(Cl)cnn34)CC2F)cn1. The molecule has 0 radical (unpaired) electrons. The Bertz CT molecular complexity index is 1490. The lowest BCUT2D eigenvalue weighted by Gasteiger charge is -2.34. The first-order valence-electron chi connectivity index (χ1n) is 10.8. The molecule has 2 unspecified atom stereocenters. The van der Waals surface area contributed by atoms with Crippen LogP contribution >= 0.6 is 11.6 Å². The molecule has 4 aromatic rings. The Hall–Kier alpha value is -3.56. The van der Waals surface area contributed by atoms with Gasteiger partial charge in [-0.25, -0.2) is 8.91 Å². The van der Waals surface area contributed by atoms with Crippen molar-refractivity contribution in [3.05, 3.63) is 81.0 Å². The molecule has 174 valence electrons. The molecule has 3 aromatic heterocycles. The molecule has 1 amide bonds. The predicted octanol–water partition coefficient (Wildman–Crippen LogP) is 3.38. The molecule has 0 saturated carbocycles. The van der Waals surface area contributed by atoms with Gasteiger partial charge in [-0.15, -0.1) is 0 Å². The first-order chi connectivity index (χ1) is 16.4. The second-order valence-electron chi connectivity index (χ2n) is 8.25. The smallest absolute Gasteiger partial charge is 0.276 e. The number of nitrogens with one attached hydrogen (secondary N) is 2. The Balaban J connectivity index is 1.39. The Kier molecular flexibility index (Phi) is 5.66. The van der Waals surface area contributed by atoms with Gasteiger partial charge in [0.05, 0.1) is 22.3 Å². The first kappa shape index (κ1) is 22.2. The van der Waals surface area contributed by atoms with Gasteiger partial charge in [-0.2, -0.15) is 5.10 Å². The Morgan fingerprint density at radius 1 is 1.29 bits per heavy atom. The molecule has 0 saturated heterocycles. The highest BCUT2D eigenvalue weighted by molar-refractivity contribution is 6.33. The van der Waals surface area contributed by atoms with Crippen LogP contribution in [0.1, 0.15) is 34.6 Å². The van der Waals surface area contributed by atoms with E-state index in [0.29, 0.717) is 33.7 Å². The lowest BCUT2D eigenvalue weighted by Crippen LogP contribution is -2.37. The summed E-state index contributed by atoms with van der Waals surface area (Å²) in [7, 11) is 1.54. The van der Waals surface area contributed by atoms with E-state index >= 15 is 4.39 Å². The number of rotatable bonds is 4. The number of carbonyl (C=O) groups excluding carboxylic acids is 1. The van der Waals surface area contributed by atoms with Gasteiger partial charge in [0.15, 0.2) is 5.52 Å². The summed E-state index contributed by atoms with van der Waals surface area (Å²) in [5, 5.41) is 7.02. The number of hydrogen-bond donors (Lipinski definition) is 2. The van der Waals surface area contributed by atoms with Crippen LogP contribution in [0.4, 0.5) is 4.39 Å². The Morgan fingerprint density at radius 2 is 2.12 bits per heavy atom. The van der Waals surface area contributed by atoms with Crippen LogP contribution in [-0.2, 0) is 0 Å². The zero-order valence-electron chi connectivity index (χ0n) is 18.5. The van der Waals surface area contributed by atoms with Crippen molar-refractivity contribution in [2.45, 2.75) is 19.1 Å². The zero-order valence-corrected chi connectivity index (χ0v) is 19.3. The fourth-order valence-corrected chi connectivity index (χ4v) is 4.58. The van der Waals surface area contributed by atoms with E-state index < -0.39 is 6.17 Å². The van der Waals surface area contributed by atoms with E-state index in [-0.39, 0.29) is 29.7 Å². The Labute approximate surface area is 199 Å². The predicted molar refractivity (Wildman–Crippen MR) is 129 cm³/mol. The van der Waals surface area contributed by atoms with Gasteiger partial charge in [-0.3, -0.25) is 19.5 Å². The fourth-order valence-electron chi connectivity index (χ4n) is 4.37. The summed E-state index contributed by atoms with van der Waals surface area (Å²) in [6.07, 6.45) is 3.64. The summed E-state index contributed by atoms with van der Waals surface area (Å²) in [5.41, 5.74) is 3.83. The number of nitrogens with zero attached hydrogens (tertiary/aromatic N) is 4. The summed E-state index contributed by atoms with van der Waals surface area (Å²) in [6.45, 7) is 2.77. The topological polar surface area (TPSA) is 95.4 Å². The number of halogens is 2. The molecule has 34 heavy (non-hydrogen) atoms. The highest BCUT2D eigenvalue weighted by Crippen LogP contribution is 2.31. The number of alkyl halides is 1. The average molecular weight is 481 g/mol. The van der Waals surface area contributed by atoms with Crippen LogP contribution < -0.4 is 10.9 Å². The maximum Gasteiger partial charge on any atom is 0.276 e. The van der Waals surface area contributed by atoms with Crippen molar-refractivity contribution in [2.24, 2.45) is 0 Å². The molecule has 0 spiro atoms. The minimum Gasteiger partial charge on any atom is -0.354 e. The van der Waals surface area contributed by atoms with Crippen molar-refractivity contribution in [2.75, 3.05) is 20.1 Å². The minimum atomic E-state index is -1.20. The standard InChI is InChI=1S/C24H22ClFN6O2/c1-13(14-4-6-21-20(9-14)30-24(34)22-17(25)11-29-32(21)22)31-8-7-16(18(26)12-31)15-3-5-19(28-10-15)23(33)27-2/h3-7,9-11,13,18H,8,12H2,1-2H3,(H,27,33)(H,30,34). The first-order valence-corrected chi connectivity index (χ1v) is 11.2. The summed E-state index contributed by atoms with van der Waals surface area (Å²) in [4.78, 5) is 33.2. The third-order valence-electron chi connectivity index (χ3n) is 6.30. The maximum absolute atomic E-state index is 15.2. The van der Waals surface area contributed by atoms with Crippen LogP contribution in [0.2, 0.25) is 5.02 Å². The van der Waals surface area contributed by atoms with E-state index in [2.05, 4.69) is 20.4 Å². The van der Waals surface area contributed by atoms with Gasteiger partial charge in [0.1, 0.15) is 11.9 Å². The van der Waals surface area contributed by atoms with Crippen molar-refractivity contribution in [3.8, 4) is 0 Å². The summed E-state index contributed by atoms with van der Waals surface area (Å²) >= 11 is 6.09. The number of aromatic nitrogens is 4. The molecule has 2 atom stereocenters. The second-order valence-corrected chi connectivity index (χ2v) is 8.66. The third-order valence-corrected chi connectivity index (χ3v) is 6.58. The number of amides is 1. The van der Waals surface area contributed by atoms with Crippen LogP contribution in [0.5, 0.6) is 0 Å². The molecule has 1 aromatic carbocycles. The lowest BCUT2D eigenvalue weighted by atomic mass is 9.96. The number of H-pyrrole nitrogens is 1. The molecule has 1 aliphatic rings. The Morgan fingerprint density at radius 3 is 2.82 bits per heavy atom. The largest absolute Gasteiger partial charge is 0.354 e. The quantitative estimate of drug-likeness (QED) is 0.467. The second kappa shape index (κ2) is 8.66. The molecule has 0 aliphatic carbocycles. The van der Waals surface area contributed by atoms with E-state index in [1.54, 1.807) is 12.1 Å². The van der Waals surface area contributed by atoms with Crippen LogP contribution in [0.3, 0.4) is 0 Å². The molecular formula is C24H22ClFN6O2. The molecule has 0 bridgehead atoms. The van der Waals surface area contributed by atoms with Gasteiger partial charge in [-0.1, -0.05) is 29.8 Å². The average Bonchev–Trinajstić information content (AvgIpc) is 3.25. The van der Waals surface area contributed by atoms with Crippen molar-refractivity contribution in [1.82, 2.24) is 29.8 Å². The number of fused-ring (bicyclic) bond motifs is 3. The van der Waals surface area contributed by atoms with Gasteiger partial charge in [0.2, 0.25) is 0 Å². The number of hydrogen-bond acceptors (Lipinski definition) is 5. The van der Waals surface area contributed by atoms with E-state index in [1.165, 1.54) is 24.0 Å². The molecular weight excluding hydrogens is 459 g/mol. The summed E-state index contributed by atoms with van der Waals surface area (Å²) in [6, 6.07) is 8.95. The van der Waals surface area contributed by atoms with Crippen molar-refractivity contribution in [3.63, 3.8) is 0 Å². The highest BCUT2D eigenvalue weighted by atomic mass is 35.5. The zero-order chi connectivity index (χ0) is 24.0. The third kappa shape index (κ3) is 3.76. The molecule has 0 fully saturated rings. The molecule has 5 rings (SSSR count). The van der Waals surface area contributed by atoms with Crippen molar-refractivity contribution < 1.29 is 9.18 Å². The van der Waals surface area contributed by atoms with Gasteiger partial charge < -0.3 is 10.3 Å². The van der Waals surface area contributed by atoms with Gasteiger partial charge >= 0.3 is 0 Å². The van der Waals surface area contributed by atoms with Gasteiger partial charge in [-0.05, 0) is 41.8 Å². The normalized spacial score (nSPS) is 17.6. The van der Waals surface area contributed by atoms with E-state index in [0.717, 1.165) is 11.1 Å². The fraction of sp³-hybridized carbons (Fsp3) is 0.250. The van der Waals surface area contributed by atoms with Crippen LogP contribution in [0.25, 0.3) is 22.1 Å². The number of carbonyl (C=O) groups is 1. The highest BCUT2D eigenvalue weighted by Gasteiger charge is 2.27. The van der Waals surface area contributed by atoms with Crippen LogP contribution in [0.15, 0.2) is 53.6 Å². The summed E-state index contributed by atoms with van der Waals surface area (Å²) in [5.74, 6) is -0.283. The number of benzene rings is 1. The van der Waals surface area contributed by atoms with E-state index in [4.69, 9.17) is 11.6 Å². The van der Waals surface area contributed by atoms with Crippen LogP contribution in [-0.4, -0.2) is 56.7 Å². The molecule has 8 nitrogen and oxygen atoms in total. The van der Waals surface area contributed by atoms with E-state index in [1.807, 2.05) is 36.1 Å². The van der Waals surface area contributed by atoms with E-state index in [9.17, 15) is 9.59 Å². The lowest BCUT2D eigenvalue weighted by molar-refractivity contribution is 0.0958. The molecule has 10 heteroatoms. The van der Waals surface area contributed by atoms with Gasteiger partial charge in [0.25, 0.3) is 11.5 Å². The molecule has 2 N–H and O–H groups in total. The molecule has 1 aliphatic heterocycles. The monoisotopic (exact) mass is 480 g/mol. The number of pyridine rings is 1. The minimum absolute atomic E-state index is 0.0883. The van der Waals surface area contributed by atoms with Gasteiger partial charge in [0, 0.05) is 32.4 Å². The van der Waals surface area contributed by atoms with Crippen molar-refractivity contribution in [1.29, 1.82) is 0 Å². The summed E-state index contributed by atoms with van der Waals surface area (Å²) < 4.78 is 16.7. The van der Waals surface area contributed by atoms with Crippen molar-refractivity contribution >= 4 is 39.6 Å².